The Bertz CT molecular complexity index is 3180. The lowest BCUT2D eigenvalue weighted by Gasteiger charge is -2.26. The van der Waals surface area contributed by atoms with Crippen LogP contribution in [0.25, 0.3) is 86.3 Å². The van der Waals surface area contributed by atoms with Crippen LogP contribution >= 0.6 is 11.3 Å². The maximum atomic E-state index is 6.23. The van der Waals surface area contributed by atoms with Gasteiger partial charge in [0.05, 0.1) is 10.4 Å². The molecule has 0 fully saturated rings. The Hall–Kier alpha value is -6.94. The summed E-state index contributed by atoms with van der Waals surface area (Å²) in [6.07, 6.45) is 0. The van der Waals surface area contributed by atoms with Crippen molar-refractivity contribution >= 4 is 81.3 Å². The molecule has 2 heterocycles. The van der Waals surface area contributed by atoms with Crippen LogP contribution in [0.4, 0.5) is 17.1 Å². The first-order valence-electron chi connectivity index (χ1n) is 18.7. The second-order valence-corrected chi connectivity index (χ2v) is 15.1. The van der Waals surface area contributed by atoms with Gasteiger partial charge in [0.15, 0.2) is 0 Å². The van der Waals surface area contributed by atoms with Gasteiger partial charge < -0.3 is 9.32 Å². The molecule has 3 heteroatoms. The van der Waals surface area contributed by atoms with Crippen molar-refractivity contribution in [2.24, 2.45) is 0 Å². The molecule has 0 amide bonds. The van der Waals surface area contributed by atoms with E-state index in [9.17, 15) is 0 Å². The van der Waals surface area contributed by atoms with Crippen LogP contribution in [0, 0.1) is 0 Å². The van der Waals surface area contributed by atoms with Gasteiger partial charge in [0.2, 0.25) is 0 Å². The first-order chi connectivity index (χ1) is 27.3. The Morgan fingerprint density at radius 2 is 0.891 bits per heavy atom. The molecule has 0 atom stereocenters. The number of hydrogen-bond donors (Lipinski definition) is 0. The van der Waals surface area contributed by atoms with Crippen molar-refractivity contribution in [3.8, 4) is 33.4 Å². The highest BCUT2D eigenvalue weighted by molar-refractivity contribution is 7.26. The lowest BCUT2D eigenvalue weighted by Crippen LogP contribution is -2.10. The number of para-hydroxylation sites is 1. The van der Waals surface area contributed by atoms with E-state index in [0.717, 1.165) is 38.9 Å². The van der Waals surface area contributed by atoms with Crippen LogP contribution in [0.2, 0.25) is 0 Å². The summed E-state index contributed by atoms with van der Waals surface area (Å²) in [5, 5.41) is 7.39. The summed E-state index contributed by atoms with van der Waals surface area (Å²) >= 11 is 1.86. The van der Waals surface area contributed by atoms with Gasteiger partial charge in [-0.3, -0.25) is 0 Å². The fourth-order valence-corrected chi connectivity index (χ4v) is 9.47. The van der Waals surface area contributed by atoms with Crippen LogP contribution in [-0.4, -0.2) is 0 Å². The third-order valence-corrected chi connectivity index (χ3v) is 12.1. The normalized spacial score (nSPS) is 11.6. The largest absolute Gasteiger partial charge is 0.456 e. The molecule has 55 heavy (non-hydrogen) atoms. The number of benzene rings is 9. The smallest absolute Gasteiger partial charge is 0.136 e. The molecule has 0 aliphatic heterocycles. The van der Waals surface area contributed by atoms with Gasteiger partial charge in [-0.15, -0.1) is 11.3 Å². The highest BCUT2D eigenvalue weighted by Crippen LogP contribution is 2.46. The van der Waals surface area contributed by atoms with Gasteiger partial charge in [0, 0.05) is 37.6 Å². The quantitative estimate of drug-likeness (QED) is 0.170. The molecule has 2 nitrogen and oxygen atoms in total. The van der Waals surface area contributed by atoms with E-state index in [0.29, 0.717) is 0 Å². The van der Waals surface area contributed by atoms with Crippen LogP contribution in [0.1, 0.15) is 0 Å². The maximum Gasteiger partial charge on any atom is 0.136 e. The summed E-state index contributed by atoms with van der Waals surface area (Å²) in [6.45, 7) is 0. The summed E-state index contributed by atoms with van der Waals surface area (Å²) < 4.78 is 8.80. The van der Waals surface area contributed by atoms with E-state index >= 15 is 0 Å². The van der Waals surface area contributed by atoms with Crippen LogP contribution in [0.5, 0.6) is 0 Å². The topological polar surface area (TPSA) is 16.4 Å². The number of anilines is 3. The molecule has 0 unspecified atom stereocenters. The lowest BCUT2D eigenvalue weighted by molar-refractivity contribution is 0.669. The van der Waals surface area contributed by atoms with Gasteiger partial charge in [0.1, 0.15) is 11.2 Å². The SMILES string of the molecule is c1ccc2c(-c3ccc(-c4ccc(N(c5ccc(-c6cccc7oc8ccccc8c67)cc5)c5cccc6c5sc5ccccc56)cc4)cc3)cccc2c1. The molecular formula is C52H33NOS. The molecule has 0 saturated heterocycles. The summed E-state index contributed by atoms with van der Waals surface area (Å²) in [6, 6.07) is 72.2. The minimum Gasteiger partial charge on any atom is -0.456 e. The molecular weight excluding hydrogens is 687 g/mol. The Labute approximate surface area is 322 Å². The van der Waals surface area contributed by atoms with Crippen molar-refractivity contribution < 1.29 is 4.42 Å². The first kappa shape index (κ1) is 31.6. The van der Waals surface area contributed by atoms with Gasteiger partial charge in [-0.05, 0) is 92.7 Å². The van der Waals surface area contributed by atoms with E-state index in [-0.39, 0.29) is 0 Å². The van der Waals surface area contributed by atoms with E-state index in [4.69, 9.17) is 4.42 Å². The molecule has 0 aliphatic carbocycles. The summed E-state index contributed by atoms with van der Waals surface area (Å²) in [4.78, 5) is 2.41. The van der Waals surface area contributed by atoms with Crippen LogP contribution < -0.4 is 4.90 Å². The van der Waals surface area contributed by atoms with Gasteiger partial charge in [-0.25, -0.2) is 0 Å². The second kappa shape index (κ2) is 12.9. The number of fused-ring (bicyclic) bond motifs is 7. The molecule has 11 aromatic rings. The number of nitrogens with zero attached hydrogens (tertiary/aromatic N) is 1. The van der Waals surface area contributed by atoms with Gasteiger partial charge in [-0.2, -0.15) is 0 Å². The Balaban J connectivity index is 0.999. The fraction of sp³-hybridized carbons (Fsp3) is 0. The van der Waals surface area contributed by atoms with Crippen molar-refractivity contribution in [1.29, 1.82) is 0 Å². The molecule has 0 spiro atoms. The average Bonchev–Trinajstić information content (AvgIpc) is 3.84. The zero-order valence-electron chi connectivity index (χ0n) is 29.8. The Kier molecular flexibility index (Phi) is 7.39. The Morgan fingerprint density at radius 3 is 1.69 bits per heavy atom. The molecule has 9 aromatic carbocycles. The zero-order valence-corrected chi connectivity index (χ0v) is 30.6. The third kappa shape index (κ3) is 5.32. The van der Waals surface area contributed by atoms with E-state index in [1.807, 2.05) is 23.5 Å². The predicted molar refractivity (Wildman–Crippen MR) is 235 cm³/mol. The lowest BCUT2D eigenvalue weighted by atomic mass is 9.96. The highest BCUT2D eigenvalue weighted by atomic mass is 32.1. The minimum atomic E-state index is 0.907. The number of rotatable bonds is 6. The van der Waals surface area contributed by atoms with E-state index in [1.54, 1.807) is 0 Å². The molecule has 11 rings (SSSR count). The van der Waals surface area contributed by atoms with Crippen molar-refractivity contribution in [2.45, 2.75) is 0 Å². The van der Waals surface area contributed by atoms with Crippen LogP contribution in [0.3, 0.4) is 0 Å². The molecule has 0 bridgehead atoms. The van der Waals surface area contributed by atoms with Crippen LogP contribution in [0.15, 0.2) is 205 Å². The number of thiophene rings is 1. The molecule has 0 radical (unpaired) electrons. The molecule has 2 aromatic heterocycles. The van der Waals surface area contributed by atoms with Crippen LogP contribution in [-0.2, 0) is 0 Å². The minimum absolute atomic E-state index is 0.907. The van der Waals surface area contributed by atoms with E-state index < -0.39 is 0 Å². The summed E-state index contributed by atoms with van der Waals surface area (Å²) in [5.41, 5.74) is 12.4. The summed E-state index contributed by atoms with van der Waals surface area (Å²) in [7, 11) is 0. The molecule has 258 valence electrons. The number of furan rings is 1. The third-order valence-electron chi connectivity index (χ3n) is 10.9. The van der Waals surface area contributed by atoms with Crippen molar-refractivity contribution in [3.05, 3.63) is 200 Å². The van der Waals surface area contributed by atoms with Gasteiger partial charge in [0.25, 0.3) is 0 Å². The van der Waals surface area contributed by atoms with Crippen molar-refractivity contribution in [2.75, 3.05) is 4.90 Å². The monoisotopic (exact) mass is 719 g/mol. The van der Waals surface area contributed by atoms with Gasteiger partial charge in [-0.1, -0.05) is 152 Å². The molecule has 0 saturated carbocycles. The van der Waals surface area contributed by atoms with E-state index in [2.05, 4.69) is 193 Å². The van der Waals surface area contributed by atoms with Gasteiger partial charge >= 0.3 is 0 Å². The number of hydrogen-bond acceptors (Lipinski definition) is 3. The Morgan fingerprint density at radius 1 is 0.364 bits per heavy atom. The molecule has 0 aliphatic rings. The predicted octanol–water partition coefficient (Wildman–Crippen LogP) is 15.6. The van der Waals surface area contributed by atoms with Crippen molar-refractivity contribution in [3.63, 3.8) is 0 Å². The van der Waals surface area contributed by atoms with Crippen molar-refractivity contribution in [1.82, 2.24) is 0 Å². The highest BCUT2D eigenvalue weighted by Gasteiger charge is 2.19. The van der Waals surface area contributed by atoms with E-state index in [1.165, 1.54) is 64.4 Å². The summed E-state index contributed by atoms with van der Waals surface area (Å²) in [5.74, 6) is 0. The first-order valence-corrected chi connectivity index (χ1v) is 19.5. The fourth-order valence-electron chi connectivity index (χ4n) is 8.26. The second-order valence-electron chi connectivity index (χ2n) is 14.1. The zero-order chi connectivity index (χ0) is 36.3. The molecule has 0 N–H and O–H groups in total. The standard InChI is InChI=1S/C52H33NOS/c1-2-12-41-36(10-1)11-7-15-42(41)37-24-22-34(23-25-37)35-26-30-39(31-27-35)53(47-18-8-17-45-44-13-4-6-21-50(44)55-52(45)47)40-32-28-38(29-33-40)43-16-9-20-49-51(43)46-14-3-5-19-48(46)54-49/h1-33H. The average molecular weight is 720 g/mol. The maximum absolute atomic E-state index is 6.23.